The summed E-state index contributed by atoms with van der Waals surface area (Å²) in [7, 11) is -3.51. The Balaban J connectivity index is 2.17. The summed E-state index contributed by atoms with van der Waals surface area (Å²) in [5.74, 6) is 1.45. The number of benzene rings is 1. The maximum atomic E-state index is 11.9. The maximum absolute atomic E-state index is 11.9. The lowest BCUT2D eigenvalue weighted by molar-refractivity contribution is 0.171. The van der Waals surface area contributed by atoms with Crippen LogP contribution < -0.4 is 14.2 Å². The highest BCUT2D eigenvalue weighted by atomic mass is 35.5. The Bertz CT molecular complexity index is 518. The number of ether oxygens (including phenoxy) is 2. The van der Waals surface area contributed by atoms with Gasteiger partial charge in [-0.2, -0.15) is 0 Å². The molecule has 18 heavy (non-hydrogen) atoms. The van der Waals surface area contributed by atoms with Crippen LogP contribution in [0.15, 0.2) is 23.1 Å². The minimum Gasteiger partial charge on any atom is -0.486 e. The first-order valence-electron chi connectivity index (χ1n) is 5.59. The van der Waals surface area contributed by atoms with Crippen molar-refractivity contribution in [3.8, 4) is 11.5 Å². The lowest BCUT2D eigenvalue weighted by Gasteiger charge is -2.18. The second-order valence-electron chi connectivity index (χ2n) is 3.75. The summed E-state index contributed by atoms with van der Waals surface area (Å²) in [6.07, 6.45) is 0.589. The van der Waals surface area contributed by atoms with Gasteiger partial charge in [-0.15, -0.1) is 11.6 Å². The number of hydrogen-bond acceptors (Lipinski definition) is 4. The molecule has 0 spiro atoms. The van der Waals surface area contributed by atoms with E-state index in [0.29, 0.717) is 43.6 Å². The minimum absolute atomic E-state index is 0.168. The van der Waals surface area contributed by atoms with E-state index in [1.54, 1.807) is 6.07 Å². The van der Waals surface area contributed by atoms with Gasteiger partial charge in [0, 0.05) is 18.5 Å². The smallest absolute Gasteiger partial charge is 0.240 e. The van der Waals surface area contributed by atoms with Crippen molar-refractivity contribution in [3.63, 3.8) is 0 Å². The lowest BCUT2D eigenvalue weighted by atomic mass is 10.3. The Kier molecular flexibility index (Phi) is 4.31. The van der Waals surface area contributed by atoms with Crippen LogP contribution in [0.1, 0.15) is 6.42 Å². The molecule has 2 rings (SSSR count). The molecule has 0 fully saturated rings. The fourth-order valence-corrected chi connectivity index (χ4v) is 2.77. The van der Waals surface area contributed by atoms with Gasteiger partial charge in [0.15, 0.2) is 11.5 Å². The van der Waals surface area contributed by atoms with Gasteiger partial charge in [0.2, 0.25) is 10.0 Å². The zero-order chi connectivity index (χ0) is 13.0. The van der Waals surface area contributed by atoms with Crippen molar-refractivity contribution in [3.05, 3.63) is 18.2 Å². The average molecular weight is 292 g/mol. The van der Waals surface area contributed by atoms with Crippen LogP contribution in [0.3, 0.4) is 0 Å². The summed E-state index contributed by atoms with van der Waals surface area (Å²) in [5.41, 5.74) is 0. The molecule has 0 unspecified atom stereocenters. The van der Waals surface area contributed by atoms with Gasteiger partial charge in [-0.3, -0.25) is 0 Å². The van der Waals surface area contributed by atoms with Gasteiger partial charge < -0.3 is 9.47 Å². The van der Waals surface area contributed by atoms with Crippen LogP contribution in [0.4, 0.5) is 0 Å². The molecule has 100 valence electrons. The molecule has 1 N–H and O–H groups in total. The van der Waals surface area contributed by atoms with Crippen LogP contribution in [0.5, 0.6) is 11.5 Å². The molecule has 0 aliphatic carbocycles. The van der Waals surface area contributed by atoms with Gasteiger partial charge in [0.25, 0.3) is 0 Å². The predicted molar refractivity (Wildman–Crippen MR) is 68.0 cm³/mol. The largest absolute Gasteiger partial charge is 0.486 e. The number of nitrogens with one attached hydrogen (secondary N) is 1. The highest BCUT2D eigenvalue weighted by Crippen LogP contribution is 2.32. The second-order valence-corrected chi connectivity index (χ2v) is 5.89. The molecule has 0 saturated heterocycles. The highest BCUT2D eigenvalue weighted by molar-refractivity contribution is 7.89. The molecule has 0 aromatic heterocycles. The Morgan fingerprint density at radius 2 is 1.94 bits per heavy atom. The fourth-order valence-electron chi connectivity index (χ4n) is 1.55. The average Bonchev–Trinajstić information content (AvgIpc) is 2.38. The Morgan fingerprint density at radius 1 is 1.22 bits per heavy atom. The molecule has 1 aliphatic heterocycles. The number of sulfonamides is 1. The standard InChI is InChI=1S/C11H14ClNO4S/c12-4-1-5-13-18(14,15)9-2-3-10-11(8-9)17-7-6-16-10/h2-3,8,13H,1,4-7H2. The van der Waals surface area contributed by atoms with Gasteiger partial charge >= 0.3 is 0 Å². The van der Waals surface area contributed by atoms with Crippen molar-refractivity contribution in [1.82, 2.24) is 4.72 Å². The molecule has 0 amide bonds. The number of fused-ring (bicyclic) bond motifs is 1. The molecule has 5 nitrogen and oxygen atoms in total. The van der Waals surface area contributed by atoms with Crippen LogP contribution in [-0.2, 0) is 10.0 Å². The van der Waals surface area contributed by atoms with E-state index < -0.39 is 10.0 Å². The molecule has 0 radical (unpaired) electrons. The number of alkyl halides is 1. The molecule has 0 atom stereocenters. The van der Waals surface area contributed by atoms with Crippen molar-refractivity contribution in [2.75, 3.05) is 25.6 Å². The molecule has 1 aromatic carbocycles. The molecule has 1 aliphatic rings. The minimum atomic E-state index is -3.51. The number of hydrogen-bond donors (Lipinski definition) is 1. The van der Waals surface area contributed by atoms with E-state index in [0.717, 1.165) is 0 Å². The van der Waals surface area contributed by atoms with Crippen molar-refractivity contribution < 1.29 is 17.9 Å². The summed E-state index contributed by atoms with van der Waals surface area (Å²) in [5, 5.41) is 0. The van der Waals surface area contributed by atoms with Crippen molar-refractivity contribution >= 4 is 21.6 Å². The van der Waals surface area contributed by atoms with Gasteiger partial charge in [-0.25, -0.2) is 13.1 Å². The Hall–Kier alpha value is -0.980. The van der Waals surface area contributed by atoms with Crippen molar-refractivity contribution in [1.29, 1.82) is 0 Å². The van der Waals surface area contributed by atoms with Gasteiger partial charge in [-0.1, -0.05) is 0 Å². The summed E-state index contributed by atoms with van der Waals surface area (Å²) >= 11 is 5.50. The third-order valence-corrected chi connectivity index (χ3v) is 4.15. The highest BCUT2D eigenvalue weighted by Gasteiger charge is 2.18. The van der Waals surface area contributed by atoms with Crippen LogP contribution in [0.2, 0.25) is 0 Å². The molecular formula is C11H14ClNO4S. The van der Waals surface area contributed by atoms with E-state index >= 15 is 0 Å². The van der Waals surface area contributed by atoms with Gasteiger partial charge in [-0.05, 0) is 18.6 Å². The van der Waals surface area contributed by atoms with Crippen LogP contribution in [0, 0.1) is 0 Å². The van der Waals surface area contributed by atoms with E-state index in [1.165, 1.54) is 12.1 Å². The first-order valence-corrected chi connectivity index (χ1v) is 7.60. The first-order chi connectivity index (χ1) is 8.63. The molecule has 1 aromatic rings. The molecule has 7 heteroatoms. The van der Waals surface area contributed by atoms with Crippen LogP contribution in [-0.4, -0.2) is 34.1 Å². The third-order valence-electron chi connectivity index (χ3n) is 2.43. The summed E-state index contributed by atoms with van der Waals surface area (Å²) in [4.78, 5) is 0.168. The number of rotatable bonds is 5. The van der Waals surface area contributed by atoms with Gasteiger partial charge in [0.05, 0.1) is 4.90 Å². The zero-order valence-electron chi connectivity index (χ0n) is 9.69. The quantitative estimate of drug-likeness (QED) is 0.657. The topological polar surface area (TPSA) is 64.6 Å². The van der Waals surface area contributed by atoms with Crippen molar-refractivity contribution in [2.24, 2.45) is 0 Å². The Morgan fingerprint density at radius 3 is 2.67 bits per heavy atom. The summed E-state index contributed by atoms with van der Waals surface area (Å²) in [6, 6.07) is 4.57. The molecule has 0 bridgehead atoms. The van der Waals surface area contributed by atoms with E-state index in [-0.39, 0.29) is 4.90 Å². The molecule has 1 heterocycles. The maximum Gasteiger partial charge on any atom is 0.240 e. The number of halogens is 1. The molecule has 0 saturated carbocycles. The van der Waals surface area contributed by atoms with E-state index in [1.807, 2.05) is 0 Å². The normalized spacial score (nSPS) is 14.5. The summed E-state index contributed by atoms with van der Waals surface area (Å²) < 4.78 is 37.0. The fraction of sp³-hybridized carbons (Fsp3) is 0.455. The van der Waals surface area contributed by atoms with E-state index in [2.05, 4.69) is 4.72 Å². The third kappa shape index (κ3) is 3.07. The Labute approximate surface area is 111 Å². The van der Waals surface area contributed by atoms with Crippen LogP contribution >= 0.6 is 11.6 Å². The monoisotopic (exact) mass is 291 g/mol. The van der Waals surface area contributed by atoms with E-state index in [4.69, 9.17) is 21.1 Å². The zero-order valence-corrected chi connectivity index (χ0v) is 11.3. The van der Waals surface area contributed by atoms with Crippen LogP contribution in [0.25, 0.3) is 0 Å². The SMILES string of the molecule is O=S(=O)(NCCCCl)c1ccc2c(c1)OCCO2. The second kappa shape index (κ2) is 5.77. The lowest BCUT2D eigenvalue weighted by Crippen LogP contribution is -2.25. The summed E-state index contributed by atoms with van der Waals surface area (Å²) in [6.45, 7) is 1.23. The molecular weight excluding hydrogens is 278 g/mol. The first kappa shape index (κ1) is 13.5. The predicted octanol–water partition coefficient (Wildman–Crippen LogP) is 1.36. The van der Waals surface area contributed by atoms with Crippen molar-refractivity contribution in [2.45, 2.75) is 11.3 Å². The van der Waals surface area contributed by atoms with Gasteiger partial charge in [0.1, 0.15) is 13.2 Å². The van der Waals surface area contributed by atoms with E-state index in [9.17, 15) is 8.42 Å².